The van der Waals surface area contributed by atoms with E-state index in [0.717, 1.165) is 37.6 Å². The molecule has 0 radical (unpaired) electrons. The van der Waals surface area contributed by atoms with Crippen molar-refractivity contribution in [2.75, 3.05) is 19.6 Å². The number of hydrogen-bond acceptors (Lipinski definition) is 2. The number of piperidine rings is 1. The van der Waals surface area contributed by atoms with Crippen LogP contribution in [0.3, 0.4) is 0 Å². The van der Waals surface area contributed by atoms with Crippen molar-refractivity contribution in [1.29, 1.82) is 0 Å². The molecule has 5 heteroatoms. The normalized spacial score (nSPS) is 17.8. The molecule has 0 aromatic rings. The standard InChI is InChI=1S/C8H17N3S.ClH/c1-2-10-8(12)11-5-3-7(9)4-6-11;/h7H,2-6,9H2,1H3,(H,10,12);1H. The minimum Gasteiger partial charge on any atom is -0.363 e. The molecule has 0 aromatic heterocycles. The lowest BCUT2D eigenvalue weighted by Crippen LogP contribution is -2.46. The van der Waals surface area contributed by atoms with Gasteiger partial charge in [0.2, 0.25) is 0 Å². The Kier molecular flexibility index (Phi) is 6.37. The Morgan fingerprint density at radius 1 is 1.54 bits per heavy atom. The molecule has 0 saturated carbocycles. The van der Waals surface area contributed by atoms with Crippen molar-refractivity contribution in [3.63, 3.8) is 0 Å². The Balaban J connectivity index is 0.00000144. The first-order valence-electron chi connectivity index (χ1n) is 4.52. The van der Waals surface area contributed by atoms with E-state index in [-0.39, 0.29) is 12.4 Å². The van der Waals surface area contributed by atoms with Crippen LogP contribution in [0, 0.1) is 0 Å². The van der Waals surface area contributed by atoms with Gasteiger partial charge in [0.05, 0.1) is 0 Å². The Hall–Kier alpha value is -0.0600. The van der Waals surface area contributed by atoms with Crippen molar-refractivity contribution in [1.82, 2.24) is 10.2 Å². The minimum atomic E-state index is 0. The van der Waals surface area contributed by atoms with Gasteiger partial charge in [0, 0.05) is 25.7 Å². The van der Waals surface area contributed by atoms with Gasteiger partial charge in [-0.3, -0.25) is 0 Å². The zero-order valence-corrected chi connectivity index (χ0v) is 9.59. The molecule has 0 spiro atoms. The smallest absolute Gasteiger partial charge is 0.168 e. The molecular formula is C8H18ClN3S. The predicted octanol–water partition coefficient (Wildman–Crippen LogP) is 0.726. The molecule has 0 aromatic carbocycles. The number of nitrogens with one attached hydrogen (secondary N) is 1. The summed E-state index contributed by atoms with van der Waals surface area (Å²) < 4.78 is 0. The van der Waals surface area contributed by atoms with E-state index in [2.05, 4.69) is 17.1 Å². The van der Waals surface area contributed by atoms with Gasteiger partial charge in [0.15, 0.2) is 5.11 Å². The van der Waals surface area contributed by atoms with E-state index in [1.807, 2.05) is 0 Å². The average Bonchev–Trinajstić information content (AvgIpc) is 2.06. The topological polar surface area (TPSA) is 41.3 Å². The molecule has 1 saturated heterocycles. The number of hydrogen-bond donors (Lipinski definition) is 2. The quantitative estimate of drug-likeness (QED) is 0.644. The van der Waals surface area contributed by atoms with E-state index in [1.165, 1.54) is 0 Å². The van der Waals surface area contributed by atoms with E-state index in [9.17, 15) is 0 Å². The third kappa shape index (κ3) is 4.11. The second-order valence-corrected chi connectivity index (χ2v) is 3.55. The second-order valence-electron chi connectivity index (χ2n) is 3.16. The third-order valence-corrected chi connectivity index (χ3v) is 2.56. The van der Waals surface area contributed by atoms with Crippen molar-refractivity contribution < 1.29 is 0 Å². The summed E-state index contributed by atoms with van der Waals surface area (Å²) in [5.74, 6) is 0. The molecule has 13 heavy (non-hydrogen) atoms. The molecule has 1 rings (SSSR count). The molecule has 0 unspecified atom stereocenters. The highest BCUT2D eigenvalue weighted by Crippen LogP contribution is 2.07. The Bertz CT molecular complexity index is 157. The van der Waals surface area contributed by atoms with Gasteiger partial charge in [0.1, 0.15) is 0 Å². The molecule has 0 atom stereocenters. The number of halogens is 1. The fourth-order valence-electron chi connectivity index (χ4n) is 1.37. The summed E-state index contributed by atoms with van der Waals surface area (Å²) in [6, 6.07) is 0.380. The summed E-state index contributed by atoms with van der Waals surface area (Å²) in [6.07, 6.45) is 2.12. The van der Waals surface area contributed by atoms with E-state index in [0.29, 0.717) is 6.04 Å². The number of likely N-dealkylation sites (tertiary alicyclic amines) is 1. The molecule has 1 fully saturated rings. The molecule has 1 heterocycles. The van der Waals surface area contributed by atoms with Crippen molar-refractivity contribution >= 4 is 29.7 Å². The van der Waals surface area contributed by atoms with E-state index >= 15 is 0 Å². The lowest BCUT2D eigenvalue weighted by molar-refractivity contribution is 0.311. The summed E-state index contributed by atoms with van der Waals surface area (Å²) in [6.45, 7) is 4.98. The number of nitrogens with zero attached hydrogens (tertiary/aromatic N) is 1. The number of thiocarbonyl (C=S) groups is 1. The monoisotopic (exact) mass is 223 g/mol. The van der Waals surface area contributed by atoms with Gasteiger partial charge in [-0.1, -0.05) is 0 Å². The van der Waals surface area contributed by atoms with Crippen LogP contribution in [0.4, 0.5) is 0 Å². The fraction of sp³-hybridized carbons (Fsp3) is 0.875. The predicted molar refractivity (Wildman–Crippen MR) is 62.3 cm³/mol. The first-order valence-corrected chi connectivity index (χ1v) is 4.93. The molecule has 0 bridgehead atoms. The van der Waals surface area contributed by atoms with Gasteiger partial charge in [-0.05, 0) is 32.0 Å². The summed E-state index contributed by atoms with van der Waals surface area (Å²) in [7, 11) is 0. The van der Waals surface area contributed by atoms with Crippen LogP contribution in [0.25, 0.3) is 0 Å². The largest absolute Gasteiger partial charge is 0.363 e. The van der Waals surface area contributed by atoms with Crippen LogP contribution in [-0.2, 0) is 0 Å². The first kappa shape index (κ1) is 12.9. The lowest BCUT2D eigenvalue weighted by Gasteiger charge is -2.32. The average molecular weight is 224 g/mol. The van der Waals surface area contributed by atoms with Crippen LogP contribution in [0.5, 0.6) is 0 Å². The molecule has 1 aliphatic rings. The van der Waals surface area contributed by atoms with Crippen molar-refractivity contribution in [2.45, 2.75) is 25.8 Å². The highest BCUT2D eigenvalue weighted by atomic mass is 35.5. The Labute approximate surface area is 91.4 Å². The van der Waals surface area contributed by atoms with Crippen molar-refractivity contribution in [2.24, 2.45) is 5.73 Å². The maximum atomic E-state index is 5.78. The molecule has 3 nitrogen and oxygen atoms in total. The maximum absolute atomic E-state index is 5.78. The summed E-state index contributed by atoms with van der Waals surface area (Å²) >= 11 is 5.19. The number of rotatable bonds is 1. The van der Waals surface area contributed by atoms with Crippen LogP contribution >= 0.6 is 24.6 Å². The van der Waals surface area contributed by atoms with Gasteiger partial charge in [0.25, 0.3) is 0 Å². The SMILES string of the molecule is CCNC(=S)N1CCC(N)CC1.Cl. The Morgan fingerprint density at radius 2 is 2.08 bits per heavy atom. The highest BCUT2D eigenvalue weighted by Gasteiger charge is 2.17. The van der Waals surface area contributed by atoms with Crippen LogP contribution in [0.15, 0.2) is 0 Å². The second kappa shape index (κ2) is 6.40. The molecule has 3 N–H and O–H groups in total. The molecule has 1 aliphatic heterocycles. The van der Waals surface area contributed by atoms with Crippen LogP contribution in [-0.4, -0.2) is 35.7 Å². The Morgan fingerprint density at radius 3 is 2.54 bits per heavy atom. The highest BCUT2D eigenvalue weighted by molar-refractivity contribution is 7.80. The fourth-order valence-corrected chi connectivity index (χ4v) is 1.69. The first-order chi connectivity index (χ1) is 5.74. The van der Waals surface area contributed by atoms with Gasteiger partial charge in [-0.25, -0.2) is 0 Å². The van der Waals surface area contributed by atoms with Crippen LogP contribution < -0.4 is 11.1 Å². The zero-order valence-electron chi connectivity index (χ0n) is 7.95. The number of nitrogens with two attached hydrogens (primary N) is 1. The zero-order chi connectivity index (χ0) is 8.97. The molecule has 78 valence electrons. The van der Waals surface area contributed by atoms with Gasteiger partial charge in [-0.2, -0.15) is 0 Å². The maximum Gasteiger partial charge on any atom is 0.168 e. The molecule has 0 amide bonds. The van der Waals surface area contributed by atoms with Crippen molar-refractivity contribution in [3.8, 4) is 0 Å². The van der Waals surface area contributed by atoms with Gasteiger partial charge < -0.3 is 16.0 Å². The van der Waals surface area contributed by atoms with Crippen LogP contribution in [0.1, 0.15) is 19.8 Å². The van der Waals surface area contributed by atoms with Crippen LogP contribution in [0.2, 0.25) is 0 Å². The molecule has 0 aliphatic carbocycles. The van der Waals surface area contributed by atoms with E-state index in [1.54, 1.807) is 0 Å². The van der Waals surface area contributed by atoms with Gasteiger partial charge in [-0.15, -0.1) is 12.4 Å². The summed E-state index contributed by atoms with van der Waals surface area (Å²) in [5.41, 5.74) is 5.78. The minimum absolute atomic E-state index is 0. The summed E-state index contributed by atoms with van der Waals surface area (Å²) in [5, 5.41) is 4.03. The van der Waals surface area contributed by atoms with E-state index < -0.39 is 0 Å². The third-order valence-electron chi connectivity index (χ3n) is 2.15. The molecular weight excluding hydrogens is 206 g/mol. The van der Waals surface area contributed by atoms with Gasteiger partial charge >= 0.3 is 0 Å². The summed E-state index contributed by atoms with van der Waals surface area (Å²) in [4.78, 5) is 2.20. The van der Waals surface area contributed by atoms with Crippen molar-refractivity contribution in [3.05, 3.63) is 0 Å². The van der Waals surface area contributed by atoms with E-state index in [4.69, 9.17) is 18.0 Å². The lowest BCUT2D eigenvalue weighted by atomic mass is 10.1.